The maximum Gasteiger partial charge on any atom is 0.255 e. The summed E-state index contributed by atoms with van der Waals surface area (Å²) < 4.78 is 29.3. The van der Waals surface area contributed by atoms with E-state index in [2.05, 4.69) is 37.5 Å². The van der Waals surface area contributed by atoms with E-state index in [4.69, 9.17) is 9.99 Å². The highest BCUT2D eigenvalue weighted by atomic mass is 32.2. The number of aryl methyl sites for hydroxylation is 1. The van der Waals surface area contributed by atoms with Gasteiger partial charge < -0.3 is 19.6 Å². The number of anilines is 3. The Bertz CT molecular complexity index is 1440. The number of hydrogen-bond acceptors (Lipinski definition) is 8. The zero-order valence-electron chi connectivity index (χ0n) is 20.5. The SMILES string of the molecule is COc1cc(Nc2ccccc2)ccc1N(C)/N=C\c1cc[n+](C)c2ccccc12.CS(=O)(=O)O[O-]. The van der Waals surface area contributed by atoms with Gasteiger partial charge in [0, 0.05) is 42.2 Å². The van der Waals surface area contributed by atoms with Gasteiger partial charge in [-0.3, -0.25) is 5.01 Å². The average molecular weight is 509 g/mol. The van der Waals surface area contributed by atoms with Crippen molar-refractivity contribution in [2.75, 3.05) is 30.7 Å². The summed E-state index contributed by atoms with van der Waals surface area (Å²) in [4.78, 5) is 0. The summed E-state index contributed by atoms with van der Waals surface area (Å²) in [6.07, 6.45) is 4.62. The first-order chi connectivity index (χ1) is 17.2. The highest BCUT2D eigenvalue weighted by molar-refractivity contribution is 7.85. The standard InChI is InChI=1S/C25H25N4O.CH4O4S/c1-28-16-15-19(22-11-7-8-12-23(22)28)18-26-29(2)24-14-13-21(17-25(24)30-3)27-20-9-5-4-6-10-20;1-6(3,4)5-2/h4-18,27H,1-3H3;2H,1H3/q+1;/p-1. The number of fused-ring (bicyclic) bond motifs is 1. The number of pyridine rings is 1. The van der Waals surface area contributed by atoms with Crippen LogP contribution in [-0.4, -0.2) is 35.0 Å². The summed E-state index contributed by atoms with van der Waals surface area (Å²) in [5.41, 5.74) is 5.11. The predicted molar refractivity (Wildman–Crippen MR) is 140 cm³/mol. The Labute approximate surface area is 210 Å². The molecule has 1 aromatic heterocycles. The summed E-state index contributed by atoms with van der Waals surface area (Å²) in [5.74, 6) is 0.750. The highest BCUT2D eigenvalue weighted by Gasteiger charge is 2.10. The molecular formula is C26H28N4O5S. The van der Waals surface area contributed by atoms with Crippen LogP contribution in [0.25, 0.3) is 10.9 Å². The maximum atomic E-state index is 9.47. The Morgan fingerprint density at radius 2 is 1.67 bits per heavy atom. The molecule has 0 unspecified atom stereocenters. The first kappa shape index (κ1) is 26.6. The molecular weight excluding hydrogens is 480 g/mol. The number of ether oxygens (including phenoxy) is 1. The maximum absolute atomic E-state index is 9.47. The van der Waals surface area contributed by atoms with Crippen molar-refractivity contribution in [3.05, 3.63) is 90.6 Å². The van der Waals surface area contributed by atoms with Gasteiger partial charge in [0.25, 0.3) is 10.1 Å². The van der Waals surface area contributed by atoms with Crippen molar-refractivity contribution in [3.63, 3.8) is 0 Å². The van der Waals surface area contributed by atoms with Gasteiger partial charge in [0.05, 0.1) is 25.0 Å². The molecule has 188 valence electrons. The van der Waals surface area contributed by atoms with Crippen LogP contribution in [0.2, 0.25) is 0 Å². The summed E-state index contributed by atoms with van der Waals surface area (Å²) in [6, 6.07) is 26.5. The van der Waals surface area contributed by atoms with Crippen molar-refractivity contribution in [1.29, 1.82) is 0 Å². The number of aromatic nitrogens is 1. The fourth-order valence-electron chi connectivity index (χ4n) is 3.42. The van der Waals surface area contributed by atoms with E-state index in [1.54, 1.807) is 7.11 Å². The van der Waals surface area contributed by atoms with E-state index in [-0.39, 0.29) is 0 Å². The zero-order valence-corrected chi connectivity index (χ0v) is 21.3. The number of nitrogens with zero attached hydrogens (tertiary/aromatic N) is 3. The first-order valence-electron chi connectivity index (χ1n) is 10.9. The largest absolute Gasteiger partial charge is 0.707 e. The second-order valence-electron chi connectivity index (χ2n) is 7.82. The minimum absolute atomic E-state index is 0.681. The molecule has 0 spiro atoms. The molecule has 3 aromatic carbocycles. The van der Waals surface area contributed by atoms with Gasteiger partial charge in [0.15, 0.2) is 6.20 Å². The quantitative estimate of drug-likeness (QED) is 0.177. The Morgan fingerprint density at radius 3 is 2.33 bits per heavy atom. The molecule has 4 rings (SSSR count). The molecule has 36 heavy (non-hydrogen) atoms. The molecule has 10 heteroatoms. The number of para-hydroxylation sites is 2. The lowest BCUT2D eigenvalue weighted by Gasteiger charge is -2.18. The lowest BCUT2D eigenvalue weighted by atomic mass is 10.1. The third-order valence-electron chi connectivity index (χ3n) is 5.16. The summed E-state index contributed by atoms with van der Waals surface area (Å²) in [5, 5.41) is 19.9. The second kappa shape index (κ2) is 12.1. The van der Waals surface area contributed by atoms with E-state index in [9.17, 15) is 8.42 Å². The van der Waals surface area contributed by atoms with Crippen molar-refractivity contribution < 1.29 is 27.3 Å². The minimum Gasteiger partial charge on any atom is -0.707 e. The van der Waals surface area contributed by atoms with Crippen molar-refractivity contribution >= 4 is 44.3 Å². The van der Waals surface area contributed by atoms with Gasteiger partial charge in [-0.15, -0.1) is 0 Å². The first-order valence-corrected chi connectivity index (χ1v) is 12.7. The van der Waals surface area contributed by atoms with E-state index < -0.39 is 10.1 Å². The van der Waals surface area contributed by atoms with Crippen molar-refractivity contribution in [2.24, 2.45) is 12.1 Å². The lowest BCUT2D eigenvalue weighted by Crippen LogP contribution is -2.28. The number of rotatable bonds is 7. The summed E-state index contributed by atoms with van der Waals surface area (Å²) in [6.45, 7) is 0. The number of methoxy groups -OCH3 is 1. The number of hydrogen-bond donors (Lipinski definition) is 1. The Morgan fingerprint density at radius 1 is 1.00 bits per heavy atom. The van der Waals surface area contributed by atoms with Crippen LogP contribution < -0.4 is 24.9 Å². The van der Waals surface area contributed by atoms with Gasteiger partial charge in [-0.05, 0) is 30.3 Å². The molecule has 0 saturated heterocycles. The van der Waals surface area contributed by atoms with E-state index in [0.29, 0.717) is 6.26 Å². The fourth-order valence-corrected chi connectivity index (χ4v) is 3.42. The smallest absolute Gasteiger partial charge is 0.255 e. The van der Waals surface area contributed by atoms with Gasteiger partial charge in [0.2, 0.25) is 5.52 Å². The van der Waals surface area contributed by atoms with Crippen LogP contribution in [0.15, 0.2) is 90.2 Å². The molecule has 1 N–H and O–H groups in total. The topological polar surface area (TPSA) is 107 Å². The summed E-state index contributed by atoms with van der Waals surface area (Å²) >= 11 is 0. The minimum atomic E-state index is -3.72. The molecule has 0 radical (unpaired) electrons. The molecule has 4 aromatic rings. The lowest BCUT2D eigenvalue weighted by molar-refractivity contribution is -0.644. The fraction of sp³-hybridized carbons (Fsp3) is 0.154. The molecule has 0 aliphatic rings. The zero-order chi connectivity index (χ0) is 26.1. The highest BCUT2D eigenvalue weighted by Crippen LogP contribution is 2.32. The van der Waals surface area contributed by atoms with Crippen LogP contribution >= 0.6 is 0 Å². The molecule has 1 heterocycles. The molecule has 0 aliphatic heterocycles. The molecule has 0 bridgehead atoms. The molecule has 0 saturated carbocycles. The number of nitrogens with one attached hydrogen (secondary N) is 1. The summed E-state index contributed by atoms with van der Waals surface area (Å²) in [7, 11) is 1.92. The van der Waals surface area contributed by atoms with Gasteiger partial charge >= 0.3 is 0 Å². The van der Waals surface area contributed by atoms with Gasteiger partial charge in [0.1, 0.15) is 18.5 Å². The van der Waals surface area contributed by atoms with Crippen molar-refractivity contribution in [1.82, 2.24) is 0 Å². The van der Waals surface area contributed by atoms with Crippen LogP contribution in [0, 0.1) is 0 Å². The van der Waals surface area contributed by atoms with Crippen LogP contribution in [-0.2, 0) is 21.5 Å². The number of hydrazone groups is 1. The molecule has 0 fully saturated rings. The normalized spacial score (nSPS) is 11.1. The van der Waals surface area contributed by atoms with Gasteiger partial charge in [-0.1, -0.05) is 30.3 Å². The number of benzene rings is 3. The van der Waals surface area contributed by atoms with Gasteiger partial charge in [-0.2, -0.15) is 5.10 Å². The molecule has 0 aliphatic carbocycles. The van der Waals surface area contributed by atoms with Crippen LogP contribution in [0.3, 0.4) is 0 Å². The second-order valence-corrected chi connectivity index (χ2v) is 9.36. The molecule has 0 atom stereocenters. The van der Waals surface area contributed by atoms with Crippen molar-refractivity contribution in [2.45, 2.75) is 0 Å². The van der Waals surface area contributed by atoms with Crippen LogP contribution in [0.4, 0.5) is 17.1 Å². The van der Waals surface area contributed by atoms with Crippen molar-refractivity contribution in [3.8, 4) is 5.75 Å². The third kappa shape index (κ3) is 7.25. The van der Waals surface area contributed by atoms with Crippen LogP contribution in [0.5, 0.6) is 5.75 Å². The van der Waals surface area contributed by atoms with E-state index in [1.165, 1.54) is 0 Å². The van der Waals surface area contributed by atoms with E-state index in [0.717, 1.165) is 39.3 Å². The Balaban J connectivity index is 0.000000538. The Kier molecular flexibility index (Phi) is 8.96. The van der Waals surface area contributed by atoms with Crippen LogP contribution in [0.1, 0.15) is 5.56 Å². The van der Waals surface area contributed by atoms with E-state index >= 15 is 0 Å². The predicted octanol–water partition coefficient (Wildman–Crippen LogP) is 3.12. The van der Waals surface area contributed by atoms with Gasteiger partial charge in [-0.25, -0.2) is 13.0 Å². The molecule has 0 amide bonds. The monoisotopic (exact) mass is 508 g/mol. The average Bonchev–Trinajstić information content (AvgIpc) is 2.89. The molecule has 9 nitrogen and oxygen atoms in total. The third-order valence-corrected chi connectivity index (χ3v) is 5.40. The Hall–Kier alpha value is -3.99. The van der Waals surface area contributed by atoms with E-state index in [1.807, 2.05) is 92.2 Å².